The fraction of sp³-hybridized carbons (Fsp3) is 0.600. The molecule has 1 saturated carbocycles. The van der Waals surface area contributed by atoms with Crippen LogP contribution in [-0.2, 0) is 4.74 Å². The van der Waals surface area contributed by atoms with Gasteiger partial charge in [0, 0.05) is 0 Å². The highest BCUT2D eigenvalue weighted by Crippen LogP contribution is 2.26. The van der Waals surface area contributed by atoms with Gasteiger partial charge in [-0.3, -0.25) is 0 Å². The van der Waals surface area contributed by atoms with Crippen LogP contribution in [-0.4, -0.2) is 12.7 Å². The van der Waals surface area contributed by atoms with Gasteiger partial charge in [0.25, 0.3) is 0 Å². The van der Waals surface area contributed by atoms with Crippen LogP contribution in [0.5, 0.6) is 0 Å². The predicted molar refractivity (Wildman–Crippen MR) is 70.7 cm³/mol. The van der Waals surface area contributed by atoms with Crippen LogP contribution in [0.4, 0.5) is 4.39 Å². The molecule has 1 aromatic rings. The van der Waals surface area contributed by atoms with Crippen molar-refractivity contribution in [2.75, 3.05) is 6.61 Å². The normalized spacial score (nSPS) is 25.9. The summed E-state index contributed by atoms with van der Waals surface area (Å²) in [5, 5.41) is 0. The average Bonchev–Trinajstić information content (AvgIpc) is 2.38. The number of halogens is 1. The quantitative estimate of drug-likeness (QED) is 0.890. The molecular formula is C15H22FNO. The number of benzene rings is 1. The molecule has 1 fully saturated rings. The van der Waals surface area contributed by atoms with Crippen molar-refractivity contribution in [2.45, 2.75) is 44.8 Å². The monoisotopic (exact) mass is 251 g/mol. The molecule has 1 aromatic carbocycles. The summed E-state index contributed by atoms with van der Waals surface area (Å²) in [7, 11) is 0. The van der Waals surface area contributed by atoms with Gasteiger partial charge in [-0.25, -0.2) is 4.39 Å². The molecule has 0 heterocycles. The van der Waals surface area contributed by atoms with Gasteiger partial charge in [0.1, 0.15) is 5.82 Å². The summed E-state index contributed by atoms with van der Waals surface area (Å²) in [4.78, 5) is 0. The number of nitrogens with two attached hydrogens (primary N) is 1. The van der Waals surface area contributed by atoms with Crippen LogP contribution >= 0.6 is 0 Å². The van der Waals surface area contributed by atoms with Gasteiger partial charge in [-0.05, 0) is 49.3 Å². The van der Waals surface area contributed by atoms with Gasteiger partial charge >= 0.3 is 0 Å². The zero-order chi connectivity index (χ0) is 13.0. The third-order valence-corrected chi connectivity index (χ3v) is 3.75. The van der Waals surface area contributed by atoms with Gasteiger partial charge in [-0.2, -0.15) is 0 Å². The van der Waals surface area contributed by atoms with E-state index >= 15 is 0 Å². The molecule has 100 valence electrons. The summed E-state index contributed by atoms with van der Waals surface area (Å²) >= 11 is 0. The van der Waals surface area contributed by atoms with Crippen LogP contribution < -0.4 is 5.73 Å². The highest BCUT2D eigenvalue weighted by molar-refractivity contribution is 5.19. The lowest BCUT2D eigenvalue weighted by Gasteiger charge is -2.27. The van der Waals surface area contributed by atoms with Crippen LogP contribution in [0, 0.1) is 11.7 Å². The molecule has 0 spiro atoms. The SMILES string of the molecule is CC1CCC(OCC(N)c2cccc(F)c2)CC1. The minimum absolute atomic E-state index is 0.236. The Bertz CT molecular complexity index is 375. The fourth-order valence-corrected chi connectivity index (χ4v) is 2.47. The Kier molecular flexibility index (Phi) is 4.72. The molecule has 1 aliphatic carbocycles. The first-order chi connectivity index (χ1) is 8.65. The van der Waals surface area contributed by atoms with E-state index in [9.17, 15) is 4.39 Å². The highest BCUT2D eigenvalue weighted by atomic mass is 19.1. The molecule has 1 aliphatic rings. The molecule has 0 saturated heterocycles. The first kappa shape index (κ1) is 13.5. The Balaban J connectivity index is 1.79. The van der Waals surface area contributed by atoms with E-state index in [1.807, 2.05) is 6.07 Å². The van der Waals surface area contributed by atoms with E-state index in [-0.39, 0.29) is 11.9 Å². The van der Waals surface area contributed by atoms with Crippen molar-refractivity contribution in [1.29, 1.82) is 0 Å². The van der Waals surface area contributed by atoms with Crippen LogP contribution in [0.3, 0.4) is 0 Å². The molecule has 1 unspecified atom stereocenters. The minimum Gasteiger partial charge on any atom is -0.376 e. The molecule has 0 amide bonds. The van der Waals surface area contributed by atoms with E-state index in [0.717, 1.165) is 24.3 Å². The van der Waals surface area contributed by atoms with Crippen molar-refractivity contribution in [3.8, 4) is 0 Å². The van der Waals surface area contributed by atoms with Crippen molar-refractivity contribution in [3.63, 3.8) is 0 Å². The lowest BCUT2D eigenvalue weighted by molar-refractivity contribution is 0.0125. The van der Waals surface area contributed by atoms with Crippen LogP contribution in [0.1, 0.15) is 44.2 Å². The smallest absolute Gasteiger partial charge is 0.123 e. The maximum absolute atomic E-state index is 13.1. The van der Waals surface area contributed by atoms with E-state index < -0.39 is 0 Å². The zero-order valence-corrected chi connectivity index (χ0v) is 10.9. The van der Waals surface area contributed by atoms with Crippen LogP contribution in [0.25, 0.3) is 0 Å². The Morgan fingerprint density at radius 3 is 2.72 bits per heavy atom. The molecule has 18 heavy (non-hydrogen) atoms. The molecular weight excluding hydrogens is 229 g/mol. The molecule has 0 bridgehead atoms. The molecule has 0 aliphatic heterocycles. The van der Waals surface area contributed by atoms with Gasteiger partial charge < -0.3 is 10.5 Å². The summed E-state index contributed by atoms with van der Waals surface area (Å²) < 4.78 is 18.9. The Hall–Kier alpha value is -0.930. The van der Waals surface area contributed by atoms with Gasteiger partial charge in [-0.1, -0.05) is 19.1 Å². The lowest BCUT2D eigenvalue weighted by Crippen LogP contribution is -2.25. The lowest BCUT2D eigenvalue weighted by atomic mass is 9.89. The summed E-state index contributed by atoms with van der Waals surface area (Å²) in [6, 6.07) is 6.21. The summed E-state index contributed by atoms with van der Waals surface area (Å²) in [6.45, 7) is 2.76. The van der Waals surface area contributed by atoms with Crippen LogP contribution in [0.15, 0.2) is 24.3 Å². The second-order valence-corrected chi connectivity index (χ2v) is 5.38. The number of hydrogen-bond donors (Lipinski definition) is 1. The Labute approximate surface area is 108 Å². The minimum atomic E-state index is -0.241. The van der Waals surface area contributed by atoms with E-state index in [0.29, 0.717) is 12.7 Å². The molecule has 2 nitrogen and oxygen atoms in total. The summed E-state index contributed by atoms with van der Waals surface area (Å²) in [6.07, 6.45) is 5.05. The standard InChI is InChI=1S/C15H22FNO/c1-11-5-7-14(8-6-11)18-10-15(17)12-3-2-4-13(16)9-12/h2-4,9,11,14-15H,5-8,10,17H2,1H3. The third kappa shape index (κ3) is 3.79. The molecule has 0 aromatic heterocycles. The molecule has 0 radical (unpaired) electrons. The van der Waals surface area contributed by atoms with E-state index in [1.165, 1.54) is 25.0 Å². The van der Waals surface area contributed by atoms with E-state index in [2.05, 4.69) is 6.92 Å². The van der Waals surface area contributed by atoms with Gasteiger partial charge in [0.15, 0.2) is 0 Å². The number of rotatable bonds is 4. The topological polar surface area (TPSA) is 35.2 Å². The van der Waals surface area contributed by atoms with Crippen molar-refractivity contribution < 1.29 is 9.13 Å². The molecule has 1 atom stereocenters. The van der Waals surface area contributed by atoms with Gasteiger partial charge in [0.2, 0.25) is 0 Å². The van der Waals surface area contributed by atoms with Crippen molar-refractivity contribution >= 4 is 0 Å². The third-order valence-electron chi connectivity index (χ3n) is 3.75. The van der Waals surface area contributed by atoms with Gasteiger partial charge in [-0.15, -0.1) is 0 Å². The molecule has 2 rings (SSSR count). The Morgan fingerprint density at radius 1 is 1.33 bits per heavy atom. The van der Waals surface area contributed by atoms with Crippen molar-refractivity contribution in [1.82, 2.24) is 0 Å². The maximum Gasteiger partial charge on any atom is 0.123 e. The largest absolute Gasteiger partial charge is 0.376 e. The Morgan fingerprint density at radius 2 is 2.06 bits per heavy atom. The first-order valence-corrected chi connectivity index (χ1v) is 6.78. The number of hydrogen-bond acceptors (Lipinski definition) is 2. The highest BCUT2D eigenvalue weighted by Gasteiger charge is 2.19. The van der Waals surface area contributed by atoms with E-state index in [4.69, 9.17) is 10.5 Å². The fourth-order valence-electron chi connectivity index (χ4n) is 2.47. The zero-order valence-electron chi connectivity index (χ0n) is 10.9. The van der Waals surface area contributed by atoms with Crippen molar-refractivity contribution in [2.24, 2.45) is 11.7 Å². The van der Waals surface area contributed by atoms with Crippen molar-refractivity contribution in [3.05, 3.63) is 35.6 Å². The molecule has 3 heteroatoms. The average molecular weight is 251 g/mol. The second-order valence-electron chi connectivity index (χ2n) is 5.38. The number of ether oxygens (including phenoxy) is 1. The molecule has 2 N–H and O–H groups in total. The van der Waals surface area contributed by atoms with Gasteiger partial charge in [0.05, 0.1) is 18.8 Å². The second kappa shape index (κ2) is 6.30. The maximum atomic E-state index is 13.1. The van der Waals surface area contributed by atoms with Crippen LogP contribution in [0.2, 0.25) is 0 Å². The summed E-state index contributed by atoms with van der Waals surface area (Å²) in [5.74, 6) is 0.580. The predicted octanol–water partition coefficient (Wildman–Crippen LogP) is 3.42. The first-order valence-electron chi connectivity index (χ1n) is 6.78. The summed E-state index contributed by atoms with van der Waals surface area (Å²) in [5.41, 5.74) is 6.82. The van der Waals surface area contributed by atoms with E-state index in [1.54, 1.807) is 6.07 Å².